The molecule has 0 aliphatic heterocycles. The standard InChI is InChI=1S/C21H26N2O4/c1-25-19-11-14(13-22)7-9-17(19)27-18-10-8-15(12-20(18)26-2)21(24)23-16-5-3-4-6-16/h7-12,16H,3-6,13,22H2,1-2H3,(H,23,24). The van der Waals surface area contributed by atoms with E-state index in [4.69, 9.17) is 19.9 Å². The van der Waals surface area contributed by atoms with Gasteiger partial charge in [-0.05, 0) is 48.7 Å². The van der Waals surface area contributed by atoms with E-state index < -0.39 is 0 Å². The largest absolute Gasteiger partial charge is 0.493 e. The lowest BCUT2D eigenvalue weighted by molar-refractivity contribution is 0.0937. The van der Waals surface area contributed by atoms with Crippen molar-refractivity contribution in [1.29, 1.82) is 0 Å². The topological polar surface area (TPSA) is 82.8 Å². The molecular weight excluding hydrogens is 344 g/mol. The SMILES string of the molecule is COc1cc(CN)ccc1Oc1ccc(C(=O)NC2CCCC2)cc1OC. The average molecular weight is 370 g/mol. The Hall–Kier alpha value is -2.73. The minimum absolute atomic E-state index is 0.0865. The van der Waals surface area contributed by atoms with Gasteiger partial charge in [0.05, 0.1) is 14.2 Å². The van der Waals surface area contributed by atoms with Crippen molar-refractivity contribution in [3.63, 3.8) is 0 Å². The van der Waals surface area contributed by atoms with Gasteiger partial charge in [0.1, 0.15) is 0 Å². The summed E-state index contributed by atoms with van der Waals surface area (Å²) >= 11 is 0. The second-order valence-corrected chi connectivity index (χ2v) is 6.61. The van der Waals surface area contributed by atoms with Gasteiger partial charge in [-0.1, -0.05) is 18.9 Å². The lowest BCUT2D eigenvalue weighted by Gasteiger charge is -2.16. The lowest BCUT2D eigenvalue weighted by atomic mass is 10.1. The molecule has 144 valence electrons. The van der Waals surface area contributed by atoms with Crippen molar-refractivity contribution in [3.05, 3.63) is 47.5 Å². The number of carbonyl (C=O) groups excluding carboxylic acids is 1. The third-order valence-electron chi connectivity index (χ3n) is 4.80. The van der Waals surface area contributed by atoms with E-state index in [1.54, 1.807) is 38.5 Å². The Bertz CT molecular complexity index is 801. The van der Waals surface area contributed by atoms with E-state index in [0.717, 1.165) is 18.4 Å². The Morgan fingerprint density at radius 1 is 1.00 bits per heavy atom. The predicted octanol–water partition coefficient (Wildman–Crippen LogP) is 3.63. The summed E-state index contributed by atoms with van der Waals surface area (Å²) in [4.78, 5) is 12.5. The molecule has 2 aromatic carbocycles. The first kappa shape index (κ1) is 19.0. The molecule has 0 aromatic heterocycles. The first-order valence-electron chi connectivity index (χ1n) is 9.18. The first-order valence-corrected chi connectivity index (χ1v) is 9.18. The van der Waals surface area contributed by atoms with Gasteiger partial charge in [0.2, 0.25) is 0 Å². The number of hydrogen-bond acceptors (Lipinski definition) is 5. The van der Waals surface area contributed by atoms with E-state index >= 15 is 0 Å². The number of amides is 1. The summed E-state index contributed by atoms with van der Waals surface area (Å²) in [5.41, 5.74) is 7.17. The summed E-state index contributed by atoms with van der Waals surface area (Å²) in [5, 5.41) is 3.08. The molecule has 3 rings (SSSR count). The van der Waals surface area contributed by atoms with E-state index in [1.165, 1.54) is 12.8 Å². The number of methoxy groups -OCH3 is 2. The van der Waals surface area contributed by atoms with E-state index in [0.29, 0.717) is 35.1 Å². The van der Waals surface area contributed by atoms with Crippen molar-refractivity contribution in [2.75, 3.05) is 14.2 Å². The minimum Gasteiger partial charge on any atom is -0.493 e. The van der Waals surface area contributed by atoms with Crippen molar-refractivity contribution >= 4 is 5.91 Å². The minimum atomic E-state index is -0.0865. The van der Waals surface area contributed by atoms with Crippen LogP contribution in [0.25, 0.3) is 0 Å². The van der Waals surface area contributed by atoms with Crippen LogP contribution in [0.1, 0.15) is 41.6 Å². The quantitative estimate of drug-likeness (QED) is 0.778. The Morgan fingerprint density at radius 2 is 1.63 bits per heavy atom. The summed E-state index contributed by atoms with van der Waals surface area (Å²) in [7, 11) is 3.13. The molecule has 0 unspecified atom stereocenters. The molecular formula is C21H26N2O4. The fraction of sp³-hybridized carbons (Fsp3) is 0.381. The lowest BCUT2D eigenvalue weighted by Crippen LogP contribution is -2.32. The molecule has 6 nitrogen and oxygen atoms in total. The van der Waals surface area contributed by atoms with Gasteiger partial charge in [-0.3, -0.25) is 4.79 Å². The number of carbonyl (C=O) groups is 1. The highest BCUT2D eigenvalue weighted by Crippen LogP contribution is 2.37. The van der Waals surface area contributed by atoms with Crippen LogP contribution in [-0.2, 0) is 6.54 Å². The third-order valence-corrected chi connectivity index (χ3v) is 4.80. The summed E-state index contributed by atoms with van der Waals surface area (Å²) in [5.74, 6) is 2.04. The molecule has 6 heteroatoms. The molecule has 1 fully saturated rings. The van der Waals surface area contributed by atoms with Gasteiger partial charge in [0, 0.05) is 18.2 Å². The van der Waals surface area contributed by atoms with Gasteiger partial charge < -0.3 is 25.3 Å². The van der Waals surface area contributed by atoms with Crippen molar-refractivity contribution < 1.29 is 19.0 Å². The van der Waals surface area contributed by atoms with Gasteiger partial charge in [0.25, 0.3) is 5.91 Å². The first-order chi connectivity index (χ1) is 13.1. The highest BCUT2D eigenvalue weighted by molar-refractivity contribution is 5.95. The zero-order valence-corrected chi connectivity index (χ0v) is 15.8. The maximum atomic E-state index is 12.5. The maximum Gasteiger partial charge on any atom is 0.251 e. The Kier molecular flexibility index (Phi) is 6.19. The van der Waals surface area contributed by atoms with E-state index in [9.17, 15) is 4.79 Å². The van der Waals surface area contributed by atoms with E-state index in [-0.39, 0.29) is 11.9 Å². The number of rotatable bonds is 7. The van der Waals surface area contributed by atoms with Crippen LogP contribution < -0.4 is 25.3 Å². The summed E-state index contributed by atoms with van der Waals surface area (Å²) in [6.45, 7) is 0.421. The zero-order chi connectivity index (χ0) is 19.2. The van der Waals surface area contributed by atoms with Crippen LogP contribution in [0.4, 0.5) is 0 Å². The van der Waals surface area contributed by atoms with Crippen LogP contribution in [0.15, 0.2) is 36.4 Å². The molecule has 0 atom stereocenters. The molecule has 3 N–H and O–H groups in total. The fourth-order valence-corrected chi connectivity index (χ4v) is 3.27. The smallest absolute Gasteiger partial charge is 0.251 e. The molecule has 1 saturated carbocycles. The molecule has 0 spiro atoms. The van der Waals surface area contributed by atoms with Crippen molar-refractivity contribution in [2.24, 2.45) is 5.73 Å². The van der Waals surface area contributed by atoms with Crippen LogP contribution in [0, 0.1) is 0 Å². The third kappa shape index (κ3) is 4.52. The molecule has 1 amide bonds. The van der Waals surface area contributed by atoms with Gasteiger partial charge in [-0.15, -0.1) is 0 Å². The number of ether oxygens (including phenoxy) is 3. The zero-order valence-electron chi connectivity index (χ0n) is 15.8. The average Bonchev–Trinajstić information content (AvgIpc) is 3.21. The molecule has 0 heterocycles. The van der Waals surface area contributed by atoms with Gasteiger partial charge in [-0.25, -0.2) is 0 Å². The molecule has 0 saturated heterocycles. The maximum absolute atomic E-state index is 12.5. The second kappa shape index (κ2) is 8.77. The number of nitrogens with one attached hydrogen (secondary N) is 1. The number of benzene rings is 2. The van der Waals surface area contributed by atoms with Crippen LogP contribution in [0.3, 0.4) is 0 Å². The van der Waals surface area contributed by atoms with Crippen LogP contribution >= 0.6 is 0 Å². The normalized spacial score (nSPS) is 14.0. The Labute approximate surface area is 159 Å². The Balaban J connectivity index is 1.79. The monoisotopic (exact) mass is 370 g/mol. The van der Waals surface area contributed by atoms with E-state index in [2.05, 4.69) is 5.32 Å². The van der Waals surface area contributed by atoms with Crippen LogP contribution in [-0.4, -0.2) is 26.2 Å². The summed E-state index contributed by atoms with van der Waals surface area (Å²) in [6, 6.07) is 11.0. The van der Waals surface area contributed by atoms with Crippen molar-refractivity contribution in [2.45, 2.75) is 38.3 Å². The van der Waals surface area contributed by atoms with Gasteiger partial charge >= 0.3 is 0 Å². The molecule has 2 aromatic rings. The van der Waals surface area contributed by atoms with Crippen molar-refractivity contribution in [3.8, 4) is 23.0 Å². The van der Waals surface area contributed by atoms with Crippen LogP contribution in [0.2, 0.25) is 0 Å². The fourth-order valence-electron chi connectivity index (χ4n) is 3.27. The van der Waals surface area contributed by atoms with Crippen molar-refractivity contribution in [1.82, 2.24) is 5.32 Å². The molecule has 1 aliphatic rings. The molecule has 1 aliphatic carbocycles. The predicted molar refractivity (Wildman–Crippen MR) is 104 cm³/mol. The molecule has 0 bridgehead atoms. The van der Waals surface area contributed by atoms with E-state index in [1.807, 2.05) is 12.1 Å². The van der Waals surface area contributed by atoms with Gasteiger partial charge in [0.15, 0.2) is 23.0 Å². The number of nitrogens with two attached hydrogens (primary N) is 1. The highest BCUT2D eigenvalue weighted by Gasteiger charge is 2.19. The Morgan fingerprint density at radius 3 is 2.26 bits per heavy atom. The number of hydrogen-bond donors (Lipinski definition) is 2. The molecule has 27 heavy (non-hydrogen) atoms. The highest BCUT2D eigenvalue weighted by atomic mass is 16.5. The molecule has 0 radical (unpaired) electrons. The van der Waals surface area contributed by atoms with Crippen LogP contribution in [0.5, 0.6) is 23.0 Å². The summed E-state index contributed by atoms with van der Waals surface area (Å²) in [6.07, 6.45) is 4.43. The summed E-state index contributed by atoms with van der Waals surface area (Å²) < 4.78 is 16.8. The second-order valence-electron chi connectivity index (χ2n) is 6.61. The van der Waals surface area contributed by atoms with Gasteiger partial charge in [-0.2, -0.15) is 0 Å².